The van der Waals surface area contributed by atoms with Crippen molar-refractivity contribution in [2.45, 2.75) is 13.0 Å². The van der Waals surface area contributed by atoms with Crippen LogP contribution in [0.15, 0.2) is 24.3 Å². The Bertz CT molecular complexity index is 362. The number of hydrogen-bond acceptors (Lipinski definition) is 2. The zero-order chi connectivity index (χ0) is 11.8. The Hall–Kier alpha value is -1.17. The fraction of sp³-hybridized carbons (Fsp3) is 0.385. The second kappa shape index (κ2) is 7.16. The molecule has 0 aliphatic carbocycles. The van der Waals surface area contributed by atoms with E-state index in [9.17, 15) is 0 Å². The van der Waals surface area contributed by atoms with Crippen LogP contribution in [0, 0.1) is 11.8 Å². The third kappa shape index (κ3) is 4.57. The summed E-state index contributed by atoms with van der Waals surface area (Å²) < 4.78 is 10.6. The molecule has 0 N–H and O–H groups in total. The maximum Gasteiger partial charge on any atom is 0.119 e. The second-order valence-corrected chi connectivity index (χ2v) is 3.58. The largest absolute Gasteiger partial charge is 0.491 e. The first-order chi connectivity index (χ1) is 7.76. The number of halogens is 1. The summed E-state index contributed by atoms with van der Waals surface area (Å²) in [7, 11) is 1.67. The van der Waals surface area contributed by atoms with E-state index in [1.54, 1.807) is 7.11 Å². The Balaban J connectivity index is 2.51. The first-order valence-electron chi connectivity index (χ1n) is 5.06. The fourth-order valence-corrected chi connectivity index (χ4v) is 1.12. The monoisotopic (exact) mass is 238 g/mol. The van der Waals surface area contributed by atoms with E-state index >= 15 is 0 Å². The van der Waals surface area contributed by atoms with E-state index in [2.05, 4.69) is 11.8 Å². The third-order valence-corrected chi connectivity index (χ3v) is 2.17. The van der Waals surface area contributed by atoms with Crippen LogP contribution in [0.25, 0.3) is 0 Å². The lowest BCUT2D eigenvalue weighted by Gasteiger charge is -2.11. The highest BCUT2D eigenvalue weighted by molar-refractivity contribution is 6.19. The lowest BCUT2D eigenvalue weighted by molar-refractivity contribution is 0.0717. The van der Waals surface area contributed by atoms with Gasteiger partial charge in [-0.3, -0.25) is 0 Å². The van der Waals surface area contributed by atoms with Crippen LogP contribution in [0.2, 0.25) is 0 Å². The average Bonchev–Trinajstić information content (AvgIpc) is 2.34. The molecule has 1 unspecified atom stereocenters. The van der Waals surface area contributed by atoms with Crippen molar-refractivity contribution in [3.05, 3.63) is 29.8 Å². The van der Waals surface area contributed by atoms with Crippen LogP contribution in [0.5, 0.6) is 5.75 Å². The fourth-order valence-electron chi connectivity index (χ4n) is 1.05. The van der Waals surface area contributed by atoms with Gasteiger partial charge in [-0.1, -0.05) is 11.8 Å². The zero-order valence-electron chi connectivity index (χ0n) is 9.50. The molecule has 0 fully saturated rings. The van der Waals surface area contributed by atoms with Gasteiger partial charge in [0, 0.05) is 12.7 Å². The van der Waals surface area contributed by atoms with Gasteiger partial charge >= 0.3 is 0 Å². The first kappa shape index (κ1) is 12.9. The van der Waals surface area contributed by atoms with Crippen LogP contribution in [0.3, 0.4) is 0 Å². The predicted octanol–water partition coefficient (Wildman–Crippen LogP) is 2.69. The number of methoxy groups -OCH3 is 1. The van der Waals surface area contributed by atoms with Gasteiger partial charge in [0.15, 0.2) is 0 Å². The Morgan fingerprint density at radius 3 is 2.56 bits per heavy atom. The SMILES string of the molecule is COC(C)COc1ccc(C#CCCl)cc1. The van der Waals surface area contributed by atoms with Crippen LogP contribution in [-0.4, -0.2) is 25.7 Å². The van der Waals surface area contributed by atoms with Crippen molar-refractivity contribution >= 4 is 11.6 Å². The summed E-state index contributed by atoms with van der Waals surface area (Å²) >= 11 is 5.47. The number of alkyl halides is 1. The van der Waals surface area contributed by atoms with Crippen molar-refractivity contribution in [3.63, 3.8) is 0 Å². The van der Waals surface area contributed by atoms with Crippen LogP contribution in [0.4, 0.5) is 0 Å². The molecule has 0 aliphatic rings. The topological polar surface area (TPSA) is 18.5 Å². The quantitative estimate of drug-likeness (QED) is 0.593. The molecule has 0 heterocycles. The molecule has 0 aliphatic heterocycles. The van der Waals surface area contributed by atoms with E-state index in [-0.39, 0.29) is 6.10 Å². The molecule has 0 amide bonds. The van der Waals surface area contributed by atoms with E-state index in [0.29, 0.717) is 12.5 Å². The lowest BCUT2D eigenvalue weighted by Crippen LogP contribution is -2.15. The molecule has 0 bridgehead atoms. The Morgan fingerprint density at radius 2 is 2.00 bits per heavy atom. The summed E-state index contributed by atoms with van der Waals surface area (Å²) in [5.41, 5.74) is 0.938. The van der Waals surface area contributed by atoms with Crippen molar-refractivity contribution in [2.24, 2.45) is 0 Å². The molecule has 1 atom stereocenters. The van der Waals surface area contributed by atoms with Gasteiger partial charge in [-0.05, 0) is 31.2 Å². The average molecular weight is 239 g/mol. The molecule has 0 saturated carbocycles. The Morgan fingerprint density at radius 1 is 1.31 bits per heavy atom. The van der Waals surface area contributed by atoms with Crippen molar-refractivity contribution in [1.29, 1.82) is 0 Å². The smallest absolute Gasteiger partial charge is 0.119 e. The molecule has 1 aromatic rings. The second-order valence-electron chi connectivity index (χ2n) is 3.32. The van der Waals surface area contributed by atoms with Gasteiger partial charge in [0.2, 0.25) is 0 Å². The molecule has 86 valence electrons. The molecule has 1 rings (SSSR count). The number of hydrogen-bond donors (Lipinski definition) is 0. The van der Waals surface area contributed by atoms with E-state index in [1.807, 2.05) is 31.2 Å². The molecular weight excluding hydrogens is 224 g/mol. The highest BCUT2D eigenvalue weighted by Gasteiger charge is 2.00. The van der Waals surface area contributed by atoms with Crippen LogP contribution < -0.4 is 4.74 Å². The molecule has 16 heavy (non-hydrogen) atoms. The van der Waals surface area contributed by atoms with Gasteiger partial charge in [0.25, 0.3) is 0 Å². The highest BCUT2D eigenvalue weighted by Crippen LogP contribution is 2.12. The molecule has 0 radical (unpaired) electrons. The Kier molecular flexibility index (Phi) is 5.77. The number of rotatable bonds is 4. The summed E-state index contributed by atoms with van der Waals surface area (Å²) in [6.07, 6.45) is 0.0933. The molecule has 0 spiro atoms. The lowest BCUT2D eigenvalue weighted by atomic mass is 10.2. The van der Waals surface area contributed by atoms with E-state index < -0.39 is 0 Å². The van der Waals surface area contributed by atoms with E-state index in [1.165, 1.54) is 0 Å². The summed E-state index contributed by atoms with van der Waals surface area (Å²) in [4.78, 5) is 0. The third-order valence-electron chi connectivity index (χ3n) is 2.04. The molecular formula is C13H15ClO2. The van der Waals surface area contributed by atoms with Crippen LogP contribution >= 0.6 is 11.6 Å². The summed E-state index contributed by atoms with van der Waals surface area (Å²) in [6.45, 7) is 2.50. The van der Waals surface area contributed by atoms with Gasteiger partial charge in [0.1, 0.15) is 12.4 Å². The van der Waals surface area contributed by atoms with E-state index in [4.69, 9.17) is 21.1 Å². The first-order valence-corrected chi connectivity index (χ1v) is 5.60. The number of benzene rings is 1. The summed E-state index contributed by atoms with van der Waals surface area (Å²) in [6, 6.07) is 7.60. The minimum Gasteiger partial charge on any atom is -0.491 e. The van der Waals surface area contributed by atoms with Crippen molar-refractivity contribution in [2.75, 3.05) is 19.6 Å². The molecule has 1 aromatic carbocycles. The molecule has 2 nitrogen and oxygen atoms in total. The zero-order valence-corrected chi connectivity index (χ0v) is 10.3. The standard InChI is InChI=1S/C13H15ClO2/c1-11(15-2)10-16-13-7-5-12(6-8-13)4-3-9-14/h5-8,11H,9-10H2,1-2H3. The van der Waals surface area contributed by atoms with Crippen LogP contribution in [-0.2, 0) is 4.74 Å². The molecule has 0 saturated heterocycles. The molecule has 3 heteroatoms. The maximum absolute atomic E-state index is 5.52. The van der Waals surface area contributed by atoms with Gasteiger partial charge in [-0.15, -0.1) is 11.6 Å². The van der Waals surface area contributed by atoms with Crippen LogP contribution in [0.1, 0.15) is 12.5 Å². The van der Waals surface area contributed by atoms with Gasteiger partial charge < -0.3 is 9.47 Å². The van der Waals surface area contributed by atoms with Crippen molar-refractivity contribution < 1.29 is 9.47 Å². The predicted molar refractivity (Wildman–Crippen MR) is 66.0 cm³/mol. The van der Waals surface area contributed by atoms with Crippen molar-refractivity contribution in [1.82, 2.24) is 0 Å². The number of ether oxygens (including phenoxy) is 2. The normalized spacial score (nSPS) is 11.4. The van der Waals surface area contributed by atoms with Crippen molar-refractivity contribution in [3.8, 4) is 17.6 Å². The Labute approximate surface area is 102 Å². The molecule has 0 aromatic heterocycles. The summed E-state index contributed by atoms with van der Waals surface area (Å²) in [5, 5.41) is 0. The summed E-state index contributed by atoms with van der Waals surface area (Å²) in [5.74, 6) is 6.90. The van der Waals surface area contributed by atoms with E-state index in [0.717, 1.165) is 11.3 Å². The maximum atomic E-state index is 5.52. The van der Waals surface area contributed by atoms with Gasteiger partial charge in [-0.2, -0.15) is 0 Å². The minimum absolute atomic E-state index is 0.0933. The van der Waals surface area contributed by atoms with Gasteiger partial charge in [0.05, 0.1) is 12.0 Å². The minimum atomic E-state index is 0.0933. The van der Waals surface area contributed by atoms with Gasteiger partial charge in [-0.25, -0.2) is 0 Å². The highest BCUT2D eigenvalue weighted by atomic mass is 35.5.